The highest BCUT2D eigenvalue weighted by molar-refractivity contribution is 5.94. The van der Waals surface area contributed by atoms with Crippen LogP contribution in [0.5, 0.6) is 0 Å². The van der Waals surface area contributed by atoms with Crippen molar-refractivity contribution in [1.29, 1.82) is 0 Å². The smallest absolute Gasteiger partial charge is 0.251 e. The number of nitrogens with one attached hydrogen (secondary N) is 2. The van der Waals surface area contributed by atoms with E-state index in [9.17, 15) is 14.4 Å². The van der Waals surface area contributed by atoms with Crippen LogP contribution in [0.15, 0.2) is 30.3 Å². The largest absolute Gasteiger partial charge is 0.354 e. The minimum Gasteiger partial charge on any atom is -0.354 e. The van der Waals surface area contributed by atoms with Crippen molar-refractivity contribution in [3.63, 3.8) is 0 Å². The third kappa shape index (κ3) is 5.08. The van der Waals surface area contributed by atoms with Crippen LogP contribution in [0.4, 0.5) is 0 Å². The Morgan fingerprint density at radius 2 is 1.83 bits per heavy atom. The average Bonchev–Trinajstić information content (AvgIpc) is 2.92. The molecule has 1 saturated heterocycles. The van der Waals surface area contributed by atoms with Gasteiger partial charge in [0.25, 0.3) is 5.91 Å². The first-order chi connectivity index (χ1) is 11.5. The molecule has 0 spiro atoms. The zero-order valence-corrected chi connectivity index (χ0v) is 14.2. The lowest BCUT2D eigenvalue weighted by Gasteiger charge is -2.18. The van der Waals surface area contributed by atoms with E-state index in [1.54, 1.807) is 29.2 Å². The molecule has 0 aromatic heterocycles. The van der Waals surface area contributed by atoms with Crippen LogP contribution in [0.3, 0.4) is 0 Å². The van der Waals surface area contributed by atoms with E-state index in [0.717, 1.165) is 0 Å². The number of nitrogens with zero attached hydrogens (tertiary/aromatic N) is 1. The molecule has 24 heavy (non-hydrogen) atoms. The molecule has 1 unspecified atom stereocenters. The molecule has 1 aliphatic rings. The molecule has 3 amide bonds. The molecule has 1 atom stereocenters. The average molecular weight is 331 g/mol. The predicted molar refractivity (Wildman–Crippen MR) is 91.3 cm³/mol. The van der Waals surface area contributed by atoms with Gasteiger partial charge in [-0.3, -0.25) is 14.4 Å². The highest BCUT2D eigenvalue weighted by Gasteiger charge is 2.34. The Morgan fingerprint density at radius 1 is 1.17 bits per heavy atom. The van der Waals surface area contributed by atoms with Crippen molar-refractivity contribution in [1.82, 2.24) is 15.5 Å². The molecule has 1 aromatic carbocycles. The number of hydrogen-bond acceptors (Lipinski definition) is 3. The van der Waals surface area contributed by atoms with Crippen molar-refractivity contribution >= 4 is 17.7 Å². The Morgan fingerprint density at radius 3 is 2.50 bits per heavy atom. The van der Waals surface area contributed by atoms with Crippen molar-refractivity contribution in [2.45, 2.75) is 20.3 Å². The fraction of sp³-hybridized carbons (Fsp3) is 0.500. The minimum atomic E-state index is -0.291. The van der Waals surface area contributed by atoms with E-state index >= 15 is 0 Å². The molecular weight excluding hydrogens is 306 g/mol. The maximum Gasteiger partial charge on any atom is 0.251 e. The van der Waals surface area contributed by atoms with Gasteiger partial charge in [0.05, 0.1) is 5.92 Å². The molecular formula is C18H25N3O3. The molecule has 1 fully saturated rings. The number of amides is 3. The summed E-state index contributed by atoms with van der Waals surface area (Å²) in [5.41, 5.74) is 0.592. The molecule has 0 saturated carbocycles. The van der Waals surface area contributed by atoms with Crippen molar-refractivity contribution in [3.8, 4) is 0 Å². The van der Waals surface area contributed by atoms with Gasteiger partial charge in [-0.25, -0.2) is 0 Å². The Kier molecular flexibility index (Phi) is 6.35. The maximum absolute atomic E-state index is 12.1. The molecule has 6 heteroatoms. The van der Waals surface area contributed by atoms with E-state index in [4.69, 9.17) is 0 Å². The van der Waals surface area contributed by atoms with Crippen LogP contribution in [-0.4, -0.2) is 48.8 Å². The lowest BCUT2D eigenvalue weighted by Crippen LogP contribution is -2.38. The second-order valence-electron chi connectivity index (χ2n) is 6.51. The fourth-order valence-electron chi connectivity index (χ4n) is 2.76. The third-order valence-electron chi connectivity index (χ3n) is 3.92. The van der Waals surface area contributed by atoms with Gasteiger partial charge in [0.15, 0.2) is 0 Å². The number of rotatable bonds is 7. The van der Waals surface area contributed by atoms with Gasteiger partial charge in [-0.15, -0.1) is 0 Å². The topological polar surface area (TPSA) is 78.5 Å². The fourth-order valence-corrected chi connectivity index (χ4v) is 2.76. The summed E-state index contributed by atoms with van der Waals surface area (Å²) in [6, 6.07) is 8.93. The summed E-state index contributed by atoms with van der Waals surface area (Å²) in [6.45, 7) is 5.99. The second-order valence-corrected chi connectivity index (χ2v) is 6.51. The molecule has 130 valence electrons. The first kappa shape index (κ1) is 18.0. The van der Waals surface area contributed by atoms with Crippen LogP contribution in [-0.2, 0) is 9.59 Å². The van der Waals surface area contributed by atoms with Crippen molar-refractivity contribution in [3.05, 3.63) is 35.9 Å². The highest BCUT2D eigenvalue weighted by atomic mass is 16.2. The summed E-state index contributed by atoms with van der Waals surface area (Å²) in [5.74, 6) is -0.140. The summed E-state index contributed by atoms with van der Waals surface area (Å²) in [6.07, 6.45) is 0.273. The Hall–Kier alpha value is -2.37. The minimum absolute atomic E-state index is 0.0428. The van der Waals surface area contributed by atoms with Crippen LogP contribution >= 0.6 is 0 Å². The van der Waals surface area contributed by atoms with Crippen LogP contribution in [0.25, 0.3) is 0 Å². The molecule has 1 aliphatic heterocycles. The lowest BCUT2D eigenvalue weighted by atomic mass is 10.1. The summed E-state index contributed by atoms with van der Waals surface area (Å²) in [7, 11) is 0. The summed E-state index contributed by atoms with van der Waals surface area (Å²) in [5, 5.41) is 5.55. The van der Waals surface area contributed by atoms with Gasteiger partial charge in [0, 0.05) is 38.2 Å². The molecule has 1 heterocycles. The normalized spacial score (nSPS) is 17.2. The van der Waals surface area contributed by atoms with Crippen LogP contribution in [0.1, 0.15) is 30.6 Å². The van der Waals surface area contributed by atoms with Gasteiger partial charge in [-0.05, 0) is 18.1 Å². The Labute approximate surface area is 142 Å². The summed E-state index contributed by atoms with van der Waals surface area (Å²) in [4.78, 5) is 37.6. The molecule has 0 aliphatic carbocycles. The van der Waals surface area contributed by atoms with Gasteiger partial charge in [0.1, 0.15) is 0 Å². The number of benzene rings is 1. The first-order valence-corrected chi connectivity index (χ1v) is 8.36. The van der Waals surface area contributed by atoms with Gasteiger partial charge >= 0.3 is 0 Å². The summed E-state index contributed by atoms with van der Waals surface area (Å²) >= 11 is 0. The highest BCUT2D eigenvalue weighted by Crippen LogP contribution is 2.18. The monoisotopic (exact) mass is 331 g/mol. The molecule has 1 aromatic rings. The third-order valence-corrected chi connectivity index (χ3v) is 3.92. The van der Waals surface area contributed by atoms with E-state index in [1.807, 2.05) is 6.07 Å². The van der Waals surface area contributed by atoms with E-state index in [0.29, 0.717) is 37.7 Å². The van der Waals surface area contributed by atoms with Gasteiger partial charge in [-0.2, -0.15) is 0 Å². The van der Waals surface area contributed by atoms with E-state index in [-0.39, 0.29) is 30.1 Å². The summed E-state index contributed by atoms with van der Waals surface area (Å²) < 4.78 is 0. The first-order valence-electron chi connectivity index (χ1n) is 8.36. The SMILES string of the molecule is CC(C)CN1CC(C(=O)NCCNC(=O)c2ccccc2)CC1=O. The van der Waals surface area contributed by atoms with E-state index in [2.05, 4.69) is 24.5 Å². The molecule has 2 N–H and O–H groups in total. The van der Waals surface area contributed by atoms with Crippen molar-refractivity contribution < 1.29 is 14.4 Å². The number of carbonyl (C=O) groups excluding carboxylic acids is 3. The van der Waals surface area contributed by atoms with Gasteiger partial charge in [-0.1, -0.05) is 32.0 Å². The zero-order chi connectivity index (χ0) is 17.5. The Bertz CT molecular complexity index is 586. The van der Waals surface area contributed by atoms with Crippen LogP contribution < -0.4 is 10.6 Å². The van der Waals surface area contributed by atoms with Gasteiger partial charge < -0.3 is 15.5 Å². The maximum atomic E-state index is 12.1. The van der Waals surface area contributed by atoms with E-state index in [1.165, 1.54) is 0 Å². The van der Waals surface area contributed by atoms with Crippen LogP contribution in [0.2, 0.25) is 0 Å². The number of carbonyl (C=O) groups is 3. The van der Waals surface area contributed by atoms with Gasteiger partial charge in [0.2, 0.25) is 11.8 Å². The molecule has 0 radical (unpaired) electrons. The Balaban J connectivity index is 1.68. The van der Waals surface area contributed by atoms with Crippen LogP contribution in [0, 0.1) is 11.8 Å². The molecule has 2 rings (SSSR count). The standard InChI is InChI=1S/C18H25N3O3/c1-13(2)11-21-12-15(10-16(21)22)18(24)20-9-8-19-17(23)14-6-4-3-5-7-14/h3-7,13,15H,8-12H2,1-2H3,(H,19,23)(H,20,24). The van der Waals surface area contributed by atoms with Crippen molar-refractivity contribution in [2.24, 2.45) is 11.8 Å². The number of hydrogen-bond donors (Lipinski definition) is 2. The lowest BCUT2D eigenvalue weighted by molar-refractivity contribution is -0.129. The molecule has 0 bridgehead atoms. The second kappa shape index (κ2) is 8.47. The predicted octanol–water partition coefficient (Wildman–Crippen LogP) is 1.04. The number of likely N-dealkylation sites (tertiary alicyclic amines) is 1. The van der Waals surface area contributed by atoms with E-state index < -0.39 is 0 Å². The molecule has 6 nitrogen and oxygen atoms in total. The van der Waals surface area contributed by atoms with Crippen molar-refractivity contribution in [2.75, 3.05) is 26.2 Å². The zero-order valence-electron chi connectivity index (χ0n) is 14.2. The quantitative estimate of drug-likeness (QED) is 0.733.